The van der Waals surface area contributed by atoms with Gasteiger partial charge in [-0.15, -0.1) is 0 Å². The summed E-state index contributed by atoms with van der Waals surface area (Å²) >= 11 is 0. The van der Waals surface area contributed by atoms with Crippen molar-refractivity contribution < 1.29 is 9.72 Å². The Morgan fingerprint density at radius 3 is 3.00 bits per heavy atom. The van der Waals surface area contributed by atoms with Crippen molar-refractivity contribution in [2.75, 3.05) is 31.1 Å². The molecule has 1 aliphatic rings. The molecule has 7 heteroatoms. The van der Waals surface area contributed by atoms with Crippen molar-refractivity contribution in [1.82, 2.24) is 10.6 Å². The summed E-state index contributed by atoms with van der Waals surface area (Å²) < 4.78 is 0. The topological polar surface area (TPSA) is 87.5 Å². The van der Waals surface area contributed by atoms with E-state index in [0.717, 1.165) is 5.56 Å². The van der Waals surface area contributed by atoms with Gasteiger partial charge < -0.3 is 15.5 Å². The number of hydrogen-bond donors (Lipinski definition) is 2. The summed E-state index contributed by atoms with van der Waals surface area (Å²) in [6.45, 7) is 5.97. The van der Waals surface area contributed by atoms with Crippen LogP contribution in [0.4, 0.5) is 11.4 Å². The van der Waals surface area contributed by atoms with Gasteiger partial charge in [0.1, 0.15) is 11.7 Å². The normalized spacial score (nSPS) is 18.4. The minimum Gasteiger partial charge on any atom is -0.355 e. The van der Waals surface area contributed by atoms with Crippen LogP contribution < -0.4 is 15.5 Å². The SMILES string of the molecule is CCNC(=O)C1CNCCN1c1c(C)cccc1[N+](=O)[O-]. The summed E-state index contributed by atoms with van der Waals surface area (Å²) in [4.78, 5) is 24.9. The second kappa shape index (κ2) is 6.53. The Balaban J connectivity index is 2.42. The number of carbonyl (C=O) groups is 1. The maximum absolute atomic E-state index is 12.2. The Hall–Kier alpha value is -2.15. The first kappa shape index (κ1) is 15.2. The van der Waals surface area contributed by atoms with E-state index in [4.69, 9.17) is 0 Å². The van der Waals surface area contributed by atoms with E-state index in [1.165, 1.54) is 6.07 Å². The summed E-state index contributed by atoms with van der Waals surface area (Å²) in [5, 5.41) is 17.2. The van der Waals surface area contributed by atoms with Crippen LogP contribution in [-0.2, 0) is 4.79 Å². The lowest BCUT2D eigenvalue weighted by atomic mass is 10.1. The summed E-state index contributed by atoms with van der Waals surface area (Å²) in [6, 6.07) is 4.55. The van der Waals surface area contributed by atoms with Gasteiger partial charge in [0.25, 0.3) is 5.69 Å². The van der Waals surface area contributed by atoms with E-state index in [1.807, 2.05) is 24.8 Å². The molecule has 1 atom stereocenters. The van der Waals surface area contributed by atoms with Crippen LogP contribution in [0, 0.1) is 17.0 Å². The molecule has 1 unspecified atom stereocenters. The molecule has 1 heterocycles. The summed E-state index contributed by atoms with van der Waals surface area (Å²) in [5.74, 6) is -0.109. The monoisotopic (exact) mass is 292 g/mol. The molecule has 7 nitrogen and oxygen atoms in total. The Bertz CT molecular complexity index is 547. The smallest absolute Gasteiger partial charge is 0.292 e. The molecule has 1 aromatic rings. The molecule has 0 aromatic heterocycles. The number of rotatable bonds is 4. The maximum atomic E-state index is 12.2. The maximum Gasteiger partial charge on any atom is 0.292 e. The van der Waals surface area contributed by atoms with Crippen molar-refractivity contribution in [3.05, 3.63) is 33.9 Å². The molecule has 1 aromatic carbocycles. The predicted molar refractivity (Wildman–Crippen MR) is 80.5 cm³/mol. The zero-order chi connectivity index (χ0) is 15.4. The highest BCUT2D eigenvalue weighted by molar-refractivity contribution is 5.87. The van der Waals surface area contributed by atoms with Gasteiger partial charge in [0, 0.05) is 32.2 Å². The van der Waals surface area contributed by atoms with Crippen LogP contribution in [-0.4, -0.2) is 43.1 Å². The Morgan fingerprint density at radius 2 is 2.33 bits per heavy atom. The highest BCUT2D eigenvalue weighted by atomic mass is 16.6. The Kier molecular flexibility index (Phi) is 4.74. The van der Waals surface area contributed by atoms with E-state index in [0.29, 0.717) is 31.9 Å². The summed E-state index contributed by atoms with van der Waals surface area (Å²) in [7, 11) is 0. The third-order valence-corrected chi connectivity index (χ3v) is 3.60. The molecule has 2 N–H and O–H groups in total. The highest BCUT2D eigenvalue weighted by Gasteiger charge is 2.33. The molecular weight excluding hydrogens is 272 g/mol. The number of carbonyl (C=O) groups excluding carboxylic acids is 1. The first-order valence-corrected chi connectivity index (χ1v) is 7.05. The van der Waals surface area contributed by atoms with Crippen LogP contribution in [0.15, 0.2) is 18.2 Å². The molecule has 1 aliphatic heterocycles. The van der Waals surface area contributed by atoms with Crippen molar-refractivity contribution >= 4 is 17.3 Å². The van der Waals surface area contributed by atoms with Gasteiger partial charge in [0.05, 0.1) is 4.92 Å². The number of piperazine rings is 1. The van der Waals surface area contributed by atoms with Gasteiger partial charge in [-0.05, 0) is 19.4 Å². The lowest BCUT2D eigenvalue weighted by molar-refractivity contribution is -0.384. The number of nitrogens with one attached hydrogen (secondary N) is 2. The third kappa shape index (κ3) is 3.13. The predicted octanol–water partition coefficient (Wildman–Crippen LogP) is 0.818. The molecule has 0 spiro atoms. The van der Waals surface area contributed by atoms with Crippen LogP contribution in [0.3, 0.4) is 0 Å². The molecule has 0 saturated carbocycles. The average molecular weight is 292 g/mol. The van der Waals surface area contributed by atoms with E-state index in [1.54, 1.807) is 6.07 Å². The molecule has 1 saturated heterocycles. The van der Waals surface area contributed by atoms with Gasteiger partial charge in [-0.3, -0.25) is 14.9 Å². The van der Waals surface area contributed by atoms with Gasteiger partial charge in [-0.25, -0.2) is 0 Å². The minimum absolute atomic E-state index is 0.0474. The molecule has 0 bridgehead atoms. The van der Waals surface area contributed by atoms with Gasteiger partial charge in [0.2, 0.25) is 5.91 Å². The number of aryl methyl sites for hydroxylation is 1. The number of anilines is 1. The number of benzene rings is 1. The second-order valence-electron chi connectivity index (χ2n) is 5.01. The molecular formula is C14H20N4O3. The van der Waals surface area contributed by atoms with E-state index in [9.17, 15) is 14.9 Å². The van der Waals surface area contributed by atoms with Gasteiger partial charge in [-0.1, -0.05) is 12.1 Å². The number of amides is 1. The molecule has 2 rings (SSSR count). The van der Waals surface area contributed by atoms with E-state index in [-0.39, 0.29) is 16.5 Å². The fourth-order valence-corrected chi connectivity index (χ4v) is 2.66. The molecule has 114 valence electrons. The summed E-state index contributed by atoms with van der Waals surface area (Å²) in [5.41, 5.74) is 1.40. The van der Waals surface area contributed by atoms with E-state index in [2.05, 4.69) is 10.6 Å². The molecule has 21 heavy (non-hydrogen) atoms. The molecule has 1 amide bonds. The van der Waals surface area contributed by atoms with E-state index < -0.39 is 6.04 Å². The molecule has 0 radical (unpaired) electrons. The van der Waals surface area contributed by atoms with Gasteiger partial charge >= 0.3 is 0 Å². The zero-order valence-corrected chi connectivity index (χ0v) is 12.3. The van der Waals surface area contributed by atoms with Crippen LogP contribution in [0.1, 0.15) is 12.5 Å². The molecule has 0 aliphatic carbocycles. The number of nitro groups is 1. The van der Waals surface area contributed by atoms with Crippen molar-refractivity contribution in [2.24, 2.45) is 0 Å². The van der Waals surface area contributed by atoms with Crippen molar-refractivity contribution in [1.29, 1.82) is 0 Å². The highest BCUT2D eigenvalue weighted by Crippen LogP contribution is 2.33. The number of nitrogens with zero attached hydrogens (tertiary/aromatic N) is 2. The fraction of sp³-hybridized carbons (Fsp3) is 0.500. The Morgan fingerprint density at radius 1 is 1.57 bits per heavy atom. The van der Waals surface area contributed by atoms with Gasteiger partial charge in [-0.2, -0.15) is 0 Å². The van der Waals surface area contributed by atoms with Crippen LogP contribution in [0.5, 0.6) is 0 Å². The quantitative estimate of drug-likeness (QED) is 0.633. The first-order chi connectivity index (χ1) is 10.1. The molecule has 1 fully saturated rings. The van der Waals surface area contributed by atoms with Crippen molar-refractivity contribution in [3.63, 3.8) is 0 Å². The average Bonchev–Trinajstić information content (AvgIpc) is 2.47. The van der Waals surface area contributed by atoms with Crippen molar-refractivity contribution in [3.8, 4) is 0 Å². The third-order valence-electron chi connectivity index (χ3n) is 3.60. The lowest BCUT2D eigenvalue weighted by Crippen LogP contribution is -2.58. The van der Waals surface area contributed by atoms with E-state index >= 15 is 0 Å². The standard InChI is InChI=1S/C14H20N4O3/c1-3-16-14(19)12-9-15-7-8-17(12)13-10(2)5-4-6-11(13)18(20)21/h4-6,12,15H,3,7-9H2,1-2H3,(H,16,19). The van der Waals surface area contributed by atoms with Crippen LogP contribution in [0.2, 0.25) is 0 Å². The fourth-order valence-electron chi connectivity index (χ4n) is 2.66. The summed E-state index contributed by atoms with van der Waals surface area (Å²) in [6.07, 6.45) is 0. The first-order valence-electron chi connectivity index (χ1n) is 7.05. The van der Waals surface area contributed by atoms with Crippen molar-refractivity contribution in [2.45, 2.75) is 19.9 Å². The Labute approximate surface area is 123 Å². The minimum atomic E-state index is -0.432. The van der Waals surface area contributed by atoms with Gasteiger partial charge in [0.15, 0.2) is 0 Å². The number of nitro benzene ring substituents is 1. The van der Waals surface area contributed by atoms with Crippen LogP contribution in [0.25, 0.3) is 0 Å². The number of hydrogen-bond acceptors (Lipinski definition) is 5. The van der Waals surface area contributed by atoms with Crippen LogP contribution >= 0.6 is 0 Å². The second-order valence-corrected chi connectivity index (χ2v) is 5.01. The number of likely N-dealkylation sites (N-methyl/N-ethyl adjacent to an activating group) is 1. The number of para-hydroxylation sites is 1. The zero-order valence-electron chi connectivity index (χ0n) is 12.3. The largest absolute Gasteiger partial charge is 0.355 e. The lowest BCUT2D eigenvalue weighted by Gasteiger charge is -2.37.